The number of amides is 1. The molecule has 0 bridgehead atoms. The molecule has 2 aliphatic heterocycles. The minimum absolute atomic E-state index is 0.0180. The van der Waals surface area contributed by atoms with Gasteiger partial charge in [0.1, 0.15) is 18.1 Å². The number of methoxy groups -OCH3 is 2. The number of nitrogens with zero attached hydrogens (tertiary/aromatic N) is 1. The summed E-state index contributed by atoms with van der Waals surface area (Å²) in [5.74, 6) is 1.48. The van der Waals surface area contributed by atoms with Crippen LogP contribution < -0.4 is 25.4 Å². The molecule has 0 spiro atoms. The van der Waals surface area contributed by atoms with Crippen LogP contribution in [0.2, 0.25) is 0 Å². The molecule has 3 N–H and O–H groups in total. The first kappa shape index (κ1) is 29.1. The molecular formula is C30H43N3O6. The van der Waals surface area contributed by atoms with E-state index < -0.39 is 0 Å². The number of rotatable bonds is 14. The van der Waals surface area contributed by atoms with E-state index in [1.165, 1.54) is 0 Å². The normalized spacial score (nSPS) is 21.6. The van der Waals surface area contributed by atoms with Crippen molar-refractivity contribution in [2.75, 3.05) is 65.1 Å². The van der Waals surface area contributed by atoms with E-state index in [0.29, 0.717) is 39.3 Å². The number of hydrogen-bond donors (Lipinski definition) is 2. The van der Waals surface area contributed by atoms with Crippen molar-refractivity contribution in [1.82, 2.24) is 5.32 Å². The summed E-state index contributed by atoms with van der Waals surface area (Å²) in [5, 5.41) is 3.49. The maximum absolute atomic E-state index is 11.4. The Hall–Kier alpha value is -2.85. The van der Waals surface area contributed by atoms with E-state index >= 15 is 0 Å². The van der Waals surface area contributed by atoms with E-state index in [2.05, 4.69) is 34.5 Å². The average Bonchev–Trinajstić information content (AvgIpc) is 2.95. The molecule has 39 heavy (non-hydrogen) atoms. The van der Waals surface area contributed by atoms with E-state index in [0.717, 1.165) is 54.4 Å². The van der Waals surface area contributed by atoms with Gasteiger partial charge in [-0.15, -0.1) is 0 Å². The maximum Gasteiger partial charge on any atom is 0.217 e. The molecule has 2 aromatic carbocycles. The SMILES string of the molecule is COCCCN1CCOc2ccc(CO[C@H]3CNC[C@@H](OC[C@H](C)CC(N)=O)[C@H]3c3ccc(OC)cc3)cc21. The highest BCUT2D eigenvalue weighted by Crippen LogP contribution is 2.35. The van der Waals surface area contributed by atoms with Crippen molar-refractivity contribution in [3.05, 3.63) is 53.6 Å². The summed E-state index contributed by atoms with van der Waals surface area (Å²) in [5.41, 5.74) is 8.74. The Bertz CT molecular complexity index is 1050. The van der Waals surface area contributed by atoms with Crippen molar-refractivity contribution in [1.29, 1.82) is 0 Å². The van der Waals surface area contributed by atoms with E-state index in [1.807, 2.05) is 25.1 Å². The Morgan fingerprint density at radius 3 is 2.62 bits per heavy atom. The smallest absolute Gasteiger partial charge is 0.217 e. The number of carbonyl (C=O) groups excluding carboxylic acids is 1. The molecule has 0 radical (unpaired) electrons. The monoisotopic (exact) mass is 541 g/mol. The van der Waals surface area contributed by atoms with E-state index in [9.17, 15) is 4.79 Å². The van der Waals surface area contributed by atoms with Gasteiger partial charge in [0, 0.05) is 45.7 Å². The first-order valence-electron chi connectivity index (χ1n) is 13.8. The van der Waals surface area contributed by atoms with Gasteiger partial charge >= 0.3 is 0 Å². The minimum atomic E-state index is -0.312. The topological polar surface area (TPSA) is 105 Å². The molecule has 1 amide bonds. The Kier molecular flexibility index (Phi) is 10.8. The van der Waals surface area contributed by atoms with E-state index in [4.69, 9.17) is 29.4 Å². The molecule has 214 valence electrons. The van der Waals surface area contributed by atoms with Crippen molar-refractivity contribution < 1.29 is 28.5 Å². The van der Waals surface area contributed by atoms with Gasteiger partial charge in [-0.1, -0.05) is 25.1 Å². The van der Waals surface area contributed by atoms with Gasteiger partial charge in [0.25, 0.3) is 0 Å². The summed E-state index contributed by atoms with van der Waals surface area (Å²) in [7, 11) is 3.40. The fourth-order valence-electron chi connectivity index (χ4n) is 5.38. The number of nitrogens with one attached hydrogen (secondary N) is 1. The van der Waals surface area contributed by atoms with Crippen molar-refractivity contribution in [3.63, 3.8) is 0 Å². The molecule has 2 aliphatic rings. The highest BCUT2D eigenvalue weighted by Gasteiger charge is 2.36. The van der Waals surface area contributed by atoms with Crippen LogP contribution in [0, 0.1) is 5.92 Å². The highest BCUT2D eigenvalue weighted by molar-refractivity contribution is 5.73. The summed E-state index contributed by atoms with van der Waals surface area (Å²) in [6, 6.07) is 14.4. The largest absolute Gasteiger partial charge is 0.497 e. The van der Waals surface area contributed by atoms with Crippen LogP contribution in [0.4, 0.5) is 5.69 Å². The lowest BCUT2D eigenvalue weighted by molar-refractivity contribution is -0.120. The molecule has 0 aliphatic carbocycles. The number of nitrogens with two attached hydrogens (primary N) is 1. The second-order valence-corrected chi connectivity index (χ2v) is 10.4. The Morgan fingerprint density at radius 1 is 1.13 bits per heavy atom. The van der Waals surface area contributed by atoms with Gasteiger partial charge in [0.05, 0.1) is 44.8 Å². The maximum atomic E-state index is 11.4. The van der Waals surface area contributed by atoms with E-state index in [-0.39, 0.29) is 30.0 Å². The second kappa shape index (κ2) is 14.5. The Balaban J connectivity index is 1.48. The number of fused-ring (bicyclic) bond motifs is 1. The lowest BCUT2D eigenvalue weighted by Crippen LogP contribution is -2.51. The third kappa shape index (κ3) is 8.08. The first-order chi connectivity index (χ1) is 19.0. The number of benzene rings is 2. The summed E-state index contributed by atoms with van der Waals surface area (Å²) in [4.78, 5) is 13.7. The number of primary amides is 1. The number of ether oxygens (including phenoxy) is 5. The molecule has 0 aromatic heterocycles. The van der Waals surface area contributed by atoms with Crippen LogP contribution >= 0.6 is 0 Å². The molecule has 2 heterocycles. The quantitative estimate of drug-likeness (QED) is 0.352. The molecule has 4 rings (SSSR count). The number of hydrogen-bond acceptors (Lipinski definition) is 8. The van der Waals surface area contributed by atoms with E-state index in [1.54, 1.807) is 14.2 Å². The van der Waals surface area contributed by atoms with Gasteiger partial charge < -0.3 is 39.6 Å². The second-order valence-electron chi connectivity index (χ2n) is 10.4. The van der Waals surface area contributed by atoms with Crippen LogP contribution in [0.5, 0.6) is 11.5 Å². The van der Waals surface area contributed by atoms with Crippen LogP contribution in [0.3, 0.4) is 0 Å². The van der Waals surface area contributed by atoms with Gasteiger partial charge in [-0.3, -0.25) is 4.79 Å². The lowest BCUT2D eigenvalue weighted by atomic mass is 9.85. The number of piperidine rings is 1. The van der Waals surface area contributed by atoms with Crippen molar-refractivity contribution in [2.24, 2.45) is 11.7 Å². The standard InChI is InChI=1S/C30H43N3O6/c1-21(15-29(31)34)19-38-27-17-32-18-28(30(27)23-6-8-24(36-3)9-7-23)39-20-22-5-10-26-25(16-22)33(12-14-37-26)11-4-13-35-2/h5-10,16,21,27-28,30,32H,4,11-15,17-20H2,1-3H3,(H2,31,34)/t21-,27-,28+,30-/m1/s1. The third-order valence-electron chi connectivity index (χ3n) is 7.36. The summed E-state index contributed by atoms with van der Waals surface area (Å²) in [6.07, 6.45) is 1.06. The fraction of sp³-hybridized carbons (Fsp3) is 0.567. The number of carbonyl (C=O) groups is 1. The molecule has 0 saturated carbocycles. The first-order valence-corrected chi connectivity index (χ1v) is 13.8. The van der Waals surface area contributed by atoms with Crippen molar-refractivity contribution in [3.8, 4) is 11.5 Å². The van der Waals surface area contributed by atoms with Gasteiger partial charge in [0.15, 0.2) is 0 Å². The van der Waals surface area contributed by atoms with Crippen LogP contribution in [0.25, 0.3) is 0 Å². The molecule has 9 nitrogen and oxygen atoms in total. The van der Waals surface area contributed by atoms with Crippen molar-refractivity contribution in [2.45, 2.75) is 44.5 Å². The molecule has 9 heteroatoms. The predicted molar refractivity (Wildman–Crippen MR) is 151 cm³/mol. The van der Waals surface area contributed by atoms with Gasteiger partial charge in [-0.2, -0.15) is 0 Å². The molecule has 4 atom stereocenters. The Morgan fingerprint density at radius 2 is 1.90 bits per heavy atom. The average molecular weight is 542 g/mol. The zero-order valence-corrected chi connectivity index (χ0v) is 23.4. The minimum Gasteiger partial charge on any atom is -0.497 e. The Labute approximate surface area is 231 Å². The molecular weight excluding hydrogens is 498 g/mol. The zero-order valence-electron chi connectivity index (χ0n) is 23.4. The van der Waals surface area contributed by atoms with Gasteiger partial charge in [-0.25, -0.2) is 0 Å². The molecule has 2 aromatic rings. The highest BCUT2D eigenvalue weighted by atomic mass is 16.5. The van der Waals surface area contributed by atoms with Crippen LogP contribution in [-0.4, -0.2) is 78.3 Å². The summed E-state index contributed by atoms with van der Waals surface area (Å²) < 4.78 is 29.5. The van der Waals surface area contributed by atoms with Crippen LogP contribution in [0.1, 0.15) is 36.8 Å². The third-order valence-corrected chi connectivity index (χ3v) is 7.36. The lowest BCUT2D eigenvalue weighted by Gasteiger charge is -2.39. The van der Waals surface area contributed by atoms with Gasteiger partial charge in [-0.05, 0) is 47.7 Å². The molecule has 1 saturated heterocycles. The van der Waals surface area contributed by atoms with Gasteiger partial charge in [0.2, 0.25) is 5.91 Å². The molecule has 1 fully saturated rings. The van der Waals surface area contributed by atoms with Crippen LogP contribution in [0.15, 0.2) is 42.5 Å². The molecule has 0 unspecified atom stereocenters. The fourth-order valence-corrected chi connectivity index (χ4v) is 5.38. The number of anilines is 1. The predicted octanol–water partition coefficient (Wildman–Crippen LogP) is 3.10. The zero-order chi connectivity index (χ0) is 27.6. The van der Waals surface area contributed by atoms with Crippen molar-refractivity contribution >= 4 is 11.6 Å². The van der Waals surface area contributed by atoms with Crippen LogP contribution in [-0.2, 0) is 25.6 Å². The summed E-state index contributed by atoms with van der Waals surface area (Å²) >= 11 is 0. The summed E-state index contributed by atoms with van der Waals surface area (Å²) in [6.45, 7) is 7.54.